The van der Waals surface area contributed by atoms with Gasteiger partial charge in [-0.25, -0.2) is 4.98 Å². The number of hydrogen-bond acceptors (Lipinski definition) is 5. The summed E-state index contributed by atoms with van der Waals surface area (Å²) in [5.74, 6) is 0.466. The van der Waals surface area contributed by atoms with Gasteiger partial charge in [-0.05, 0) is 12.3 Å². The molecule has 0 aliphatic heterocycles. The van der Waals surface area contributed by atoms with E-state index in [0.717, 1.165) is 6.42 Å². The zero-order valence-electron chi connectivity index (χ0n) is 10.1. The van der Waals surface area contributed by atoms with Crippen molar-refractivity contribution in [2.75, 3.05) is 18.5 Å². The minimum Gasteiger partial charge on any atom is -0.396 e. The van der Waals surface area contributed by atoms with Crippen molar-refractivity contribution in [2.24, 2.45) is 5.92 Å². The predicted molar refractivity (Wildman–Crippen MR) is 69.9 cm³/mol. The third kappa shape index (κ3) is 4.12. The first-order valence-corrected chi connectivity index (χ1v) is 6.11. The van der Waals surface area contributed by atoms with Gasteiger partial charge in [0.05, 0.1) is 9.95 Å². The zero-order chi connectivity index (χ0) is 13.5. The van der Waals surface area contributed by atoms with E-state index >= 15 is 0 Å². The number of nitrogens with zero attached hydrogens (tertiary/aromatic N) is 2. The van der Waals surface area contributed by atoms with Crippen molar-refractivity contribution < 1.29 is 10.0 Å². The molecule has 1 unspecified atom stereocenters. The highest BCUT2D eigenvalue weighted by atomic mass is 35.5. The summed E-state index contributed by atoms with van der Waals surface area (Å²) in [6, 6.07) is 1.27. The molecule has 1 atom stereocenters. The van der Waals surface area contributed by atoms with Crippen molar-refractivity contribution in [3.63, 3.8) is 0 Å². The van der Waals surface area contributed by atoms with E-state index in [2.05, 4.69) is 10.3 Å². The molecular formula is C11H16ClN3O3. The Balaban J connectivity index is 2.74. The summed E-state index contributed by atoms with van der Waals surface area (Å²) in [7, 11) is 0. The zero-order valence-corrected chi connectivity index (χ0v) is 10.9. The topological polar surface area (TPSA) is 88.3 Å². The molecule has 0 spiro atoms. The second kappa shape index (κ2) is 7.13. The summed E-state index contributed by atoms with van der Waals surface area (Å²) in [6.07, 6.45) is 2.91. The van der Waals surface area contributed by atoms with Crippen LogP contribution in [0.5, 0.6) is 0 Å². The molecule has 0 aromatic carbocycles. The molecule has 6 nitrogen and oxygen atoms in total. The summed E-state index contributed by atoms with van der Waals surface area (Å²) in [4.78, 5) is 14.2. The maximum atomic E-state index is 10.8. The van der Waals surface area contributed by atoms with Gasteiger partial charge in [0.1, 0.15) is 0 Å². The molecule has 0 bridgehead atoms. The summed E-state index contributed by atoms with van der Waals surface area (Å²) in [6.45, 7) is 2.65. The Hall–Kier alpha value is -1.40. The van der Waals surface area contributed by atoms with E-state index in [1.54, 1.807) is 0 Å². The average molecular weight is 274 g/mol. The maximum Gasteiger partial charge on any atom is 0.312 e. The van der Waals surface area contributed by atoms with Crippen molar-refractivity contribution in [3.05, 3.63) is 27.4 Å². The van der Waals surface area contributed by atoms with Gasteiger partial charge in [-0.2, -0.15) is 0 Å². The molecule has 1 aromatic rings. The fourth-order valence-corrected chi connectivity index (χ4v) is 1.73. The van der Waals surface area contributed by atoms with Crippen molar-refractivity contribution >= 4 is 23.1 Å². The predicted octanol–water partition coefficient (Wildman–Crippen LogP) is 2.46. The lowest BCUT2D eigenvalue weighted by Gasteiger charge is -2.14. The number of aromatic nitrogens is 1. The van der Waals surface area contributed by atoms with Gasteiger partial charge in [0.25, 0.3) is 0 Å². The summed E-state index contributed by atoms with van der Waals surface area (Å²) in [5, 5.41) is 22.9. The highest BCUT2D eigenvalue weighted by Crippen LogP contribution is 2.25. The number of nitro groups is 1. The van der Waals surface area contributed by atoms with Gasteiger partial charge in [0.15, 0.2) is 0 Å². The lowest BCUT2D eigenvalue weighted by molar-refractivity contribution is -0.384. The van der Waals surface area contributed by atoms with Crippen molar-refractivity contribution in [1.29, 1.82) is 0 Å². The Morgan fingerprint density at radius 3 is 2.94 bits per heavy atom. The largest absolute Gasteiger partial charge is 0.396 e. The van der Waals surface area contributed by atoms with Crippen molar-refractivity contribution in [2.45, 2.75) is 19.8 Å². The van der Waals surface area contributed by atoms with Crippen LogP contribution in [-0.2, 0) is 0 Å². The highest BCUT2D eigenvalue weighted by Gasteiger charge is 2.16. The lowest BCUT2D eigenvalue weighted by atomic mass is 10.0. The van der Waals surface area contributed by atoms with Gasteiger partial charge >= 0.3 is 5.69 Å². The van der Waals surface area contributed by atoms with Gasteiger partial charge in [0.2, 0.25) is 5.82 Å². The molecule has 0 amide bonds. The number of aliphatic hydroxyl groups is 1. The number of nitrogens with one attached hydrogen (secondary N) is 1. The third-order valence-corrected chi connectivity index (χ3v) is 2.91. The molecule has 1 heterocycles. The molecule has 0 aliphatic rings. The van der Waals surface area contributed by atoms with Gasteiger partial charge in [-0.3, -0.25) is 10.1 Å². The first kappa shape index (κ1) is 14.7. The van der Waals surface area contributed by atoms with Gasteiger partial charge in [0, 0.05) is 25.4 Å². The Morgan fingerprint density at radius 2 is 2.39 bits per heavy atom. The highest BCUT2D eigenvalue weighted by molar-refractivity contribution is 6.30. The van der Waals surface area contributed by atoms with Crippen LogP contribution in [0.1, 0.15) is 19.8 Å². The standard InChI is InChI=1S/C11H16ClN3O3/c1-2-8(3-4-16)6-13-11-10(15(17)18)5-9(12)7-14-11/h5,7-8,16H,2-4,6H2,1H3,(H,13,14). The van der Waals surface area contributed by atoms with Crippen LogP contribution < -0.4 is 5.32 Å². The van der Waals surface area contributed by atoms with Crippen LogP contribution in [0.15, 0.2) is 12.3 Å². The smallest absolute Gasteiger partial charge is 0.312 e. The second-order valence-corrected chi connectivity index (χ2v) is 4.38. The molecule has 100 valence electrons. The first-order chi connectivity index (χ1) is 8.58. The van der Waals surface area contributed by atoms with Crippen LogP contribution in [-0.4, -0.2) is 28.2 Å². The van der Waals surface area contributed by atoms with Gasteiger partial charge in [-0.15, -0.1) is 0 Å². The molecule has 0 saturated heterocycles. The normalized spacial score (nSPS) is 12.2. The van der Waals surface area contributed by atoms with Crippen molar-refractivity contribution in [1.82, 2.24) is 4.98 Å². The summed E-state index contributed by atoms with van der Waals surface area (Å²) >= 11 is 5.67. The Labute approximate surface area is 110 Å². The first-order valence-electron chi connectivity index (χ1n) is 5.73. The van der Waals surface area contributed by atoms with Crippen molar-refractivity contribution in [3.8, 4) is 0 Å². The third-order valence-electron chi connectivity index (χ3n) is 2.70. The Bertz CT molecular complexity index is 415. The van der Waals surface area contributed by atoms with E-state index < -0.39 is 4.92 Å². The van der Waals surface area contributed by atoms with E-state index in [4.69, 9.17) is 16.7 Å². The van der Waals surface area contributed by atoms with Crippen LogP contribution in [0.4, 0.5) is 11.5 Å². The van der Waals surface area contributed by atoms with E-state index in [-0.39, 0.29) is 29.1 Å². The molecular weight excluding hydrogens is 258 g/mol. The Morgan fingerprint density at radius 1 is 1.67 bits per heavy atom. The lowest BCUT2D eigenvalue weighted by Crippen LogP contribution is -2.16. The number of halogens is 1. The average Bonchev–Trinajstić information content (AvgIpc) is 2.35. The molecule has 7 heteroatoms. The second-order valence-electron chi connectivity index (χ2n) is 3.95. The van der Waals surface area contributed by atoms with Crippen LogP contribution >= 0.6 is 11.6 Å². The molecule has 0 radical (unpaired) electrons. The number of aliphatic hydroxyl groups excluding tert-OH is 1. The van der Waals surface area contributed by atoms with E-state index in [0.29, 0.717) is 13.0 Å². The number of pyridine rings is 1. The number of anilines is 1. The molecule has 0 aliphatic carbocycles. The Kier molecular flexibility index (Phi) is 5.80. The quantitative estimate of drug-likeness (QED) is 0.588. The van der Waals surface area contributed by atoms with E-state index in [1.165, 1.54) is 12.3 Å². The summed E-state index contributed by atoms with van der Waals surface area (Å²) in [5.41, 5.74) is -0.138. The number of hydrogen-bond donors (Lipinski definition) is 2. The molecule has 2 N–H and O–H groups in total. The van der Waals surface area contributed by atoms with Gasteiger partial charge < -0.3 is 10.4 Å². The maximum absolute atomic E-state index is 10.8. The molecule has 1 rings (SSSR count). The molecule has 0 fully saturated rings. The number of rotatable bonds is 7. The molecule has 18 heavy (non-hydrogen) atoms. The van der Waals surface area contributed by atoms with Crippen LogP contribution in [0.25, 0.3) is 0 Å². The van der Waals surface area contributed by atoms with E-state index in [9.17, 15) is 10.1 Å². The van der Waals surface area contributed by atoms with E-state index in [1.807, 2.05) is 6.92 Å². The minimum atomic E-state index is -0.520. The van der Waals surface area contributed by atoms with Crippen LogP contribution in [0, 0.1) is 16.0 Å². The summed E-state index contributed by atoms with van der Waals surface area (Å²) < 4.78 is 0. The monoisotopic (exact) mass is 273 g/mol. The fraction of sp³-hybridized carbons (Fsp3) is 0.545. The minimum absolute atomic E-state index is 0.107. The SMILES string of the molecule is CCC(CCO)CNc1ncc(Cl)cc1[N+](=O)[O-]. The van der Waals surface area contributed by atoms with Gasteiger partial charge in [-0.1, -0.05) is 24.9 Å². The molecule has 1 aromatic heterocycles. The van der Waals surface area contributed by atoms with Crippen LogP contribution in [0.2, 0.25) is 5.02 Å². The van der Waals surface area contributed by atoms with Crippen LogP contribution in [0.3, 0.4) is 0 Å². The fourth-order valence-electron chi connectivity index (χ4n) is 1.58. The molecule has 0 saturated carbocycles.